The predicted molar refractivity (Wildman–Crippen MR) is 47.6 cm³/mol. The third-order valence-corrected chi connectivity index (χ3v) is 1.84. The molecule has 1 aromatic heterocycles. The topological polar surface area (TPSA) is 55.1 Å². The summed E-state index contributed by atoms with van der Waals surface area (Å²) in [4.78, 5) is 11.0. The fourth-order valence-electron chi connectivity index (χ4n) is 1.27. The fraction of sp³-hybridized carbons (Fsp3) is 0.111. The molecule has 14 heavy (non-hydrogen) atoms. The number of benzene rings is 1. The number of aromatic carboxylic acids is 1. The first-order chi connectivity index (χ1) is 7.80. The standard InChI is InChI=1S/C9H7FN2O2/c1-12-8(9(13)14)6-3-2-5(10)4-7(6)11-12/h2-4H,1H3,(H,13,14)/i1D3. The number of hydrogen-bond acceptors (Lipinski definition) is 2. The maximum atomic E-state index is 12.9. The van der Waals surface area contributed by atoms with Crippen molar-refractivity contribution in [3.63, 3.8) is 0 Å². The lowest BCUT2D eigenvalue weighted by atomic mass is 10.2. The van der Waals surface area contributed by atoms with Crippen LogP contribution in [0.25, 0.3) is 10.9 Å². The molecule has 0 fully saturated rings. The lowest BCUT2D eigenvalue weighted by Crippen LogP contribution is -2.05. The number of carboxylic acid groups (broad SMARTS) is 1. The minimum Gasteiger partial charge on any atom is -0.477 e. The maximum absolute atomic E-state index is 12.9. The van der Waals surface area contributed by atoms with Crippen LogP contribution in [0.3, 0.4) is 0 Å². The summed E-state index contributed by atoms with van der Waals surface area (Å²) >= 11 is 0. The van der Waals surface area contributed by atoms with Crippen molar-refractivity contribution >= 4 is 16.9 Å². The third-order valence-electron chi connectivity index (χ3n) is 1.84. The van der Waals surface area contributed by atoms with Crippen LogP contribution in [0.4, 0.5) is 4.39 Å². The highest BCUT2D eigenvalue weighted by molar-refractivity contribution is 6.01. The summed E-state index contributed by atoms with van der Waals surface area (Å²) < 4.78 is 34.9. The van der Waals surface area contributed by atoms with E-state index in [9.17, 15) is 9.18 Å². The van der Waals surface area contributed by atoms with Crippen molar-refractivity contribution in [3.8, 4) is 0 Å². The summed E-state index contributed by atoms with van der Waals surface area (Å²) in [6.45, 7) is -2.72. The zero-order valence-electron chi connectivity index (χ0n) is 9.86. The fourth-order valence-corrected chi connectivity index (χ4v) is 1.27. The van der Waals surface area contributed by atoms with Crippen molar-refractivity contribution in [2.24, 2.45) is 6.98 Å². The lowest BCUT2D eigenvalue weighted by Gasteiger charge is -1.93. The van der Waals surface area contributed by atoms with Gasteiger partial charge in [-0.2, -0.15) is 5.10 Å². The molecule has 72 valence electrons. The van der Waals surface area contributed by atoms with E-state index < -0.39 is 24.5 Å². The molecule has 0 unspecified atom stereocenters. The molecule has 0 amide bonds. The van der Waals surface area contributed by atoms with Crippen molar-refractivity contribution in [2.75, 3.05) is 0 Å². The summed E-state index contributed by atoms with van der Waals surface area (Å²) in [5.74, 6) is -2.03. The Morgan fingerprint density at radius 1 is 1.71 bits per heavy atom. The number of nitrogens with zero attached hydrogens (tertiary/aromatic N) is 2. The molecule has 0 saturated heterocycles. The van der Waals surface area contributed by atoms with Crippen LogP contribution in [-0.2, 0) is 6.98 Å². The van der Waals surface area contributed by atoms with E-state index in [1.165, 1.54) is 6.07 Å². The van der Waals surface area contributed by atoms with E-state index >= 15 is 0 Å². The van der Waals surface area contributed by atoms with Crippen LogP contribution in [0, 0.1) is 5.82 Å². The summed E-state index contributed by atoms with van der Waals surface area (Å²) in [7, 11) is 0. The summed E-state index contributed by atoms with van der Waals surface area (Å²) in [5.41, 5.74) is -0.474. The average molecular weight is 197 g/mol. The van der Waals surface area contributed by atoms with E-state index in [2.05, 4.69) is 5.10 Å². The van der Waals surface area contributed by atoms with Crippen LogP contribution in [-0.4, -0.2) is 20.9 Å². The molecule has 0 atom stereocenters. The number of carboxylic acids is 1. The molecule has 0 aliphatic carbocycles. The second kappa shape index (κ2) is 2.80. The van der Waals surface area contributed by atoms with Gasteiger partial charge in [0.05, 0.1) is 5.52 Å². The largest absolute Gasteiger partial charge is 0.477 e. The first-order valence-corrected chi connectivity index (χ1v) is 3.73. The Hall–Kier alpha value is -1.91. The van der Waals surface area contributed by atoms with E-state index in [1.807, 2.05) is 0 Å². The van der Waals surface area contributed by atoms with Gasteiger partial charge in [0.25, 0.3) is 0 Å². The molecule has 0 aliphatic heterocycles. The van der Waals surface area contributed by atoms with Crippen LogP contribution in [0.1, 0.15) is 14.6 Å². The molecule has 0 aliphatic rings. The van der Waals surface area contributed by atoms with Crippen LogP contribution in [0.2, 0.25) is 0 Å². The normalized spacial score (nSPS) is 14.8. The predicted octanol–water partition coefficient (Wildman–Crippen LogP) is 1.41. The number of aromatic nitrogens is 2. The van der Waals surface area contributed by atoms with Crippen molar-refractivity contribution in [2.45, 2.75) is 0 Å². The van der Waals surface area contributed by atoms with Crippen LogP contribution < -0.4 is 0 Å². The number of carbonyl (C=O) groups is 1. The van der Waals surface area contributed by atoms with Gasteiger partial charge >= 0.3 is 5.97 Å². The third kappa shape index (κ3) is 1.14. The molecule has 1 aromatic carbocycles. The van der Waals surface area contributed by atoms with Crippen molar-refractivity contribution < 1.29 is 18.4 Å². The Morgan fingerprint density at radius 2 is 2.50 bits per heavy atom. The SMILES string of the molecule is [2H]C([2H])([2H])n1nc2cc(F)ccc2c1C(=O)O. The van der Waals surface area contributed by atoms with E-state index in [1.54, 1.807) is 0 Å². The smallest absolute Gasteiger partial charge is 0.354 e. The molecule has 0 bridgehead atoms. The van der Waals surface area contributed by atoms with Gasteiger partial charge in [0, 0.05) is 22.5 Å². The number of fused-ring (bicyclic) bond motifs is 1. The highest BCUT2D eigenvalue weighted by atomic mass is 19.1. The average Bonchev–Trinajstić information content (AvgIpc) is 2.55. The van der Waals surface area contributed by atoms with Gasteiger partial charge in [0.15, 0.2) is 5.69 Å². The van der Waals surface area contributed by atoms with Gasteiger partial charge in [0.2, 0.25) is 0 Å². The molecule has 2 aromatic rings. The van der Waals surface area contributed by atoms with Gasteiger partial charge in [-0.25, -0.2) is 9.18 Å². The van der Waals surface area contributed by atoms with Crippen LogP contribution in [0.15, 0.2) is 18.2 Å². The van der Waals surface area contributed by atoms with Gasteiger partial charge in [0.1, 0.15) is 5.82 Å². The number of halogens is 1. The maximum Gasteiger partial charge on any atom is 0.354 e. The Bertz CT molecular complexity index is 606. The van der Waals surface area contributed by atoms with Gasteiger partial charge in [-0.05, 0) is 12.1 Å². The molecular weight excluding hydrogens is 187 g/mol. The Labute approximate surface area is 82.8 Å². The minimum absolute atomic E-state index is 0.00137. The highest BCUT2D eigenvalue weighted by Crippen LogP contribution is 2.18. The van der Waals surface area contributed by atoms with Gasteiger partial charge < -0.3 is 5.11 Å². The lowest BCUT2D eigenvalue weighted by molar-refractivity contribution is 0.0687. The number of rotatable bonds is 1. The second-order valence-corrected chi connectivity index (χ2v) is 2.73. The summed E-state index contributed by atoms with van der Waals surface area (Å²) in [6, 6.07) is 3.24. The van der Waals surface area contributed by atoms with Crippen LogP contribution >= 0.6 is 0 Å². The summed E-state index contributed by atoms with van der Waals surface area (Å²) in [5, 5.41) is 12.7. The molecule has 1 heterocycles. The van der Waals surface area contributed by atoms with E-state index in [0.717, 1.165) is 12.1 Å². The zero-order chi connectivity index (χ0) is 12.8. The minimum atomic E-state index is -2.72. The highest BCUT2D eigenvalue weighted by Gasteiger charge is 2.15. The van der Waals surface area contributed by atoms with Crippen molar-refractivity contribution in [1.29, 1.82) is 0 Å². The molecule has 5 heteroatoms. The second-order valence-electron chi connectivity index (χ2n) is 2.73. The Balaban J connectivity index is 2.84. The molecule has 0 saturated carbocycles. The molecule has 0 radical (unpaired) electrons. The Morgan fingerprint density at radius 3 is 3.14 bits per heavy atom. The zero-order valence-corrected chi connectivity index (χ0v) is 6.86. The number of aryl methyl sites for hydroxylation is 1. The van der Waals surface area contributed by atoms with Crippen molar-refractivity contribution in [1.82, 2.24) is 9.78 Å². The summed E-state index contributed by atoms with van der Waals surface area (Å²) in [6.07, 6.45) is 0. The van der Waals surface area contributed by atoms with Gasteiger partial charge in [-0.3, -0.25) is 4.68 Å². The first kappa shape index (κ1) is 5.74. The molecule has 0 spiro atoms. The van der Waals surface area contributed by atoms with Gasteiger partial charge in [-0.1, -0.05) is 0 Å². The van der Waals surface area contributed by atoms with Crippen molar-refractivity contribution in [3.05, 3.63) is 29.7 Å². The van der Waals surface area contributed by atoms with Crippen LogP contribution in [0.5, 0.6) is 0 Å². The quantitative estimate of drug-likeness (QED) is 0.752. The van der Waals surface area contributed by atoms with E-state index in [0.29, 0.717) is 4.68 Å². The van der Waals surface area contributed by atoms with E-state index in [-0.39, 0.29) is 10.9 Å². The van der Waals surface area contributed by atoms with Gasteiger partial charge in [-0.15, -0.1) is 0 Å². The first-order valence-electron chi connectivity index (χ1n) is 5.23. The molecular formula is C9H7FN2O2. The molecule has 1 N–H and O–H groups in total. The molecule has 4 nitrogen and oxygen atoms in total. The molecule has 2 rings (SSSR count). The van der Waals surface area contributed by atoms with E-state index in [4.69, 9.17) is 9.22 Å². The Kier molecular flexibility index (Phi) is 1.15. The number of hydrogen-bond donors (Lipinski definition) is 1. The monoisotopic (exact) mass is 197 g/mol.